The Hall–Kier alpha value is -1.99. The van der Waals surface area contributed by atoms with Crippen LogP contribution in [0.3, 0.4) is 0 Å². The second-order valence-corrected chi connectivity index (χ2v) is 6.51. The van der Waals surface area contributed by atoms with Gasteiger partial charge >= 0.3 is 0 Å². The number of hydrogen-bond acceptors (Lipinski definition) is 6. The maximum absolute atomic E-state index is 5.70. The summed E-state index contributed by atoms with van der Waals surface area (Å²) in [4.78, 5) is 4.86. The van der Waals surface area contributed by atoms with Crippen LogP contribution in [0.1, 0.15) is 18.7 Å². The average Bonchev–Trinajstić information content (AvgIpc) is 3.29. The Balaban J connectivity index is 1.32. The quantitative estimate of drug-likeness (QED) is 0.821. The minimum absolute atomic E-state index is 0.266. The van der Waals surface area contributed by atoms with Gasteiger partial charge in [0, 0.05) is 38.5 Å². The molecule has 24 heavy (non-hydrogen) atoms. The van der Waals surface area contributed by atoms with Gasteiger partial charge in [-0.1, -0.05) is 18.2 Å². The molecule has 2 aliphatic rings. The fourth-order valence-electron chi connectivity index (χ4n) is 3.46. The largest absolute Gasteiger partial charge is 0.376 e. The SMILES string of the molecule is c1ccc(N2CCN(Cc3nnnn3C[C@H]3CCCO3)CC2)cc1. The lowest BCUT2D eigenvalue weighted by atomic mass is 10.2. The first kappa shape index (κ1) is 15.5. The van der Waals surface area contributed by atoms with Crippen LogP contribution < -0.4 is 4.90 Å². The van der Waals surface area contributed by atoms with E-state index >= 15 is 0 Å². The molecule has 1 aromatic carbocycles. The third-order valence-corrected chi connectivity index (χ3v) is 4.87. The molecule has 0 saturated carbocycles. The second kappa shape index (κ2) is 7.27. The number of rotatable bonds is 5. The van der Waals surface area contributed by atoms with Gasteiger partial charge in [-0.05, 0) is 35.4 Å². The van der Waals surface area contributed by atoms with Crippen molar-refractivity contribution in [2.45, 2.75) is 32.0 Å². The van der Waals surface area contributed by atoms with E-state index in [1.54, 1.807) is 0 Å². The van der Waals surface area contributed by atoms with Gasteiger partial charge in [-0.3, -0.25) is 4.90 Å². The molecule has 1 atom stereocenters. The van der Waals surface area contributed by atoms with Gasteiger partial charge in [-0.25, -0.2) is 4.68 Å². The summed E-state index contributed by atoms with van der Waals surface area (Å²) in [6.07, 6.45) is 2.51. The zero-order chi connectivity index (χ0) is 16.2. The van der Waals surface area contributed by atoms with Crippen LogP contribution in [0, 0.1) is 0 Å². The Kier molecular flexibility index (Phi) is 4.71. The summed E-state index contributed by atoms with van der Waals surface area (Å²) in [5, 5.41) is 12.2. The highest BCUT2D eigenvalue weighted by Gasteiger charge is 2.22. The standard InChI is InChI=1S/C17H24N6O/c1-2-5-15(6-3-1)22-10-8-21(9-11-22)14-17-18-19-20-23(17)13-16-7-4-12-24-16/h1-3,5-6,16H,4,7-14H2/t16-/m1/s1. The molecule has 0 N–H and O–H groups in total. The summed E-state index contributed by atoms with van der Waals surface area (Å²) in [5.74, 6) is 0.943. The first-order valence-corrected chi connectivity index (χ1v) is 8.77. The minimum Gasteiger partial charge on any atom is -0.376 e. The maximum atomic E-state index is 5.70. The van der Waals surface area contributed by atoms with Gasteiger partial charge in [0.15, 0.2) is 5.82 Å². The van der Waals surface area contributed by atoms with Crippen LogP contribution in [-0.4, -0.2) is 64.0 Å². The molecule has 1 aromatic heterocycles. The molecule has 2 fully saturated rings. The summed E-state index contributed by atoms with van der Waals surface area (Å²) >= 11 is 0. The molecular weight excluding hydrogens is 304 g/mol. The van der Waals surface area contributed by atoms with Crippen molar-refractivity contribution < 1.29 is 4.74 Å². The van der Waals surface area contributed by atoms with Crippen molar-refractivity contribution in [1.82, 2.24) is 25.1 Å². The van der Waals surface area contributed by atoms with Crippen molar-refractivity contribution in [1.29, 1.82) is 0 Å². The number of para-hydroxylation sites is 1. The summed E-state index contributed by atoms with van der Waals surface area (Å²) < 4.78 is 7.61. The van der Waals surface area contributed by atoms with Crippen molar-refractivity contribution >= 4 is 5.69 Å². The van der Waals surface area contributed by atoms with Gasteiger partial charge in [0.25, 0.3) is 0 Å². The number of hydrogen-bond donors (Lipinski definition) is 0. The zero-order valence-corrected chi connectivity index (χ0v) is 13.9. The van der Waals surface area contributed by atoms with Crippen molar-refractivity contribution in [3.05, 3.63) is 36.2 Å². The first-order chi connectivity index (χ1) is 11.9. The topological polar surface area (TPSA) is 59.3 Å². The molecule has 2 saturated heterocycles. The molecule has 0 radical (unpaired) electrons. The van der Waals surface area contributed by atoms with E-state index in [9.17, 15) is 0 Å². The number of nitrogens with zero attached hydrogens (tertiary/aromatic N) is 6. The molecule has 4 rings (SSSR count). The van der Waals surface area contributed by atoms with Crippen LogP contribution in [0.2, 0.25) is 0 Å². The normalized spacial score (nSPS) is 22.2. The van der Waals surface area contributed by atoms with Gasteiger partial charge < -0.3 is 9.64 Å². The van der Waals surface area contributed by atoms with E-state index in [0.29, 0.717) is 0 Å². The Morgan fingerprint density at radius 3 is 2.67 bits per heavy atom. The molecule has 0 spiro atoms. The predicted molar refractivity (Wildman–Crippen MR) is 90.7 cm³/mol. The number of ether oxygens (including phenoxy) is 1. The van der Waals surface area contributed by atoms with Gasteiger partial charge in [0.05, 0.1) is 19.2 Å². The van der Waals surface area contributed by atoms with Crippen molar-refractivity contribution in [3.63, 3.8) is 0 Å². The molecule has 2 aliphatic heterocycles. The lowest BCUT2D eigenvalue weighted by Gasteiger charge is -2.35. The second-order valence-electron chi connectivity index (χ2n) is 6.51. The molecule has 0 aliphatic carbocycles. The van der Waals surface area contributed by atoms with E-state index in [1.165, 1.54) is 5.69 Å². The molecule has 0 amide bonds. The summed E-state index contributed by atoms with van der Waals surface area (Å²) in [5.41, 5.74) is 1.31. The third-order valence-electron chi connectivity index (χ3n) is 4.87. The monoisotopic (exact) mass is 328 g/mol. The van der Waals surface area contributed by atoms with E-state index in [4.69, 9.17) is 4.74 Å². The zero-order valence-electron chi connectivity index (χ0n) is 13.9. The van der Waals surface area contributed by atoms with Gasteiger partial charge in [0.2, 0.25) is 0 Å². The van der Waals surface area contributed by atoms with E-state index in [2.05, 4.69) is 55.7 Å². The Morgan fingerprint density at radius 1 is 1.08 bits per heavy atom. The molecule has 3 heterocycles. The first-order valence-electron chi connectivity index (χ1n) is 8.77. The van der Waals surface area contributed by atoms with Crippen LogP contribution >= 0.6 is 0 Å². The van der Waals surface area contributed by atoms with Crippen LogP contribution in [0.15, 0.2) is 30.3 Å². The van der Waals surface area contributed by atoms with E-state index < -0.39 is 0 Å². The summed E-state index contributed by atoms with van der Waals surface area (Å²) in [6.45, 7) is 6.58. The van der Waals surface area contributed by atoms with Crippen LogP contribution in [-0.2, 0) is 17.8 Å². The van der Waals surface area contributed by atoms with Gasteiger partial charge in [-0.15, -0.1) is 5.10 Å². The predicted octanol–water partition coefficient (Wildman–Crippen LogP) is 1.17. The number of anilines is 1. The maximum Gasteiger partial charge on any atom is 0.165 e. The van der Waals surface area contributed by atoms with Crippen LogP contribution in [0.25, 0.3) is 0 Å². The minimum atomic E-state index is 0.266. The number of piperazine rings is 1. The van der Waals surface area contributed by atoms with Crippen molar-refractivity contribution in [2.75, 3.05) is 37.7 Å². The smallest absolute Gasteiger partial charge is 0.165 e. The fraction of sp³-hybridized carbons (Fsp3) is 0.588. The Bertz CT molecular complexity index is 632. The van der Waals surface area contributed by atoms with E-state index in [1.807, 2.05) is 4.68 Å². The molecule has 7 heteroatoms. The molecular formula is C17H24N6O. The van der Waals surface area contributed by atoms with Gasteiger partial charge in [0.1, 0.15) is 0 Å². The Morgan fingerprint density at radius 2 is 1.92 bits per heavy atom. The third kappa shape index (κ3) is 3.57. The highest BCUT2D eigenvalue weighted by Crippen LogP contribution is 2.17. The fourth-order valence-corrected chi connectivity index (χ4v) is 3.46. The van der Waals surface area contributed by atoms with Crippen molar-refractivity contribution in [2.24, 2.45) is 0 Å². The molecule has 0 bridgehead atoms. The van der Waals surface area contributed by atoms with Crippen LogP contribution in [0.5, 0.6) is 0 Å². The number of aromatic nitrogens is 4. The average molecular weight is 328 g/mol. The number of benzene rings is 1. The van der Waals surface area contributed by atoms with Crippen LogP contribution in [0.4, 0.5) is 5.69 Å². The molecule has 7 nitrogen and oxygen atoms in total. The summed E-state index contributed by atoms with van der Waals surface area (Å²) in [6, 6.07) is 10.6. The van der Waals surface area contributed by atoms with E-state index in [-0.39, 0.29) is 6.10 Å². The molecule has 128 valence electrons. The number of tetrazole rings is 1. The highest BCUT2D eigenvalue weighted by molar-refractivity contribution is 5.46. The molecule has 2 aromatic rings. The summed E-state index contributed by atoms with van der Waals surface area (Å²) in [7, 11) is 0. The van der Waals surface area contributed by atoms with Crippen molar-refractivity contribution in [3.8, 4) is 0 Å². The van der Waals surface area contributed by atoms with E-state index in [0.717, 1.165) is 64.5 Å². The lowest BCUT2D eigenvalue weighted by molar-refractivity contribution is 0.0916. The highest BCUT2D eigenvalue weighted by atomic mass is 16.5. The van der Waals surface area contributed by atoms with Gasteiger partial charge in [-0.2, -0.15) is 0 Å². The Labute approximate surface area is 142 Å². The lowest BCUT2D eigenvalue weighted by Crippen LogP contribution is -2.46. The molecule has 0 unspecified atom stereocenters.